The van der Waals surface area contributed by atoms with Crippen molar-refractivity contribution in [3.05, 3.63) is 17.7 Å². The minimum Gasteiger partial charge on any atom is -0.493 e. The van der Waals surface area contributed by atoms with Crippen LogP contribution in [0.3, 0.4) is 0 Å². The van der Waals surface area contributed by atoms with E-state index in [-0.39, 0.29) is 6.10 Å². The zero-order valence-corrected chi connectivity index (χ0v) is 11.0. The molecule has 0 fully saturated rings. The van der Waals surface area contributed by atoms with Crippen molar-refractivity contribution in [2.24, 2.45) is 0 Å². The lowest BCUT2D eigenvalue weighted by atomic mass is 10.1. The molecule has 4 nitrogen and oxygen atoms in total. The Morgan fingerprint density at radius 3 is 2.06 bits per heavy atom. The summed E-state index contributed by atoms with van der Waals surface area (Å²) in [6, 6.07) is 3.54. The molecule has 1 aromatic rings. The highest BCUT2D eigenvalue weighted by Gasteiger charge is 2.19. The third kappa shape index (κ3) is 3.03. The number of ether oxygens (including phenoxy) is 3. The lowest BCUT2D eigenvalue weighted by Crippen LogP contribution is -2.10. The summed E-state index contributed by atoms with van der Waals surface area (Å²) in [4.78, 5) is 0. The Morgan fingerprint density at radius 2 is 1.65 bits per heavy atom. The molecule has 4 heteroatoms. The molecule has 0 aliphatic rings. The van der Waals surface area contributed by atoms with Crippen LogP contribution in [0.5, 0.6) is 17.2 Å². The molecule has 0 spiro atoms. The van der Waals surface area contributed by atoms with E-state index in [1.165, 1.54) is 0 Å². The minimum absolute atomic E-state index is 0.00601. The summed E-state index contributed by atoms with van der Waals surface area (Å²) >= 11 is 0. The van der Waals surface area contributed by atoms with Gasteiger partial charge in [0.1, 0.15) is 0 Å². The van der Waals surface area contributed by atoms with Gasteiger partial charge in [0.15, 0.2) is 11.5 Å². The van der Waals surface area contributed by atoms with Crippen LogP contribution in [0.4, 0.5) is 0 Å². The number of rotatable bonds is 5. The van der Waals surface area contributed by atoms with Gasteiger partial charge in [-0.25, -0.2) is 0 Å². The molecule has 0 amide bonds. The highest BCUT2D eigenvalue weighted by molar-refractivity contribution is 5.56. The molecule has 1 atom stereocenters. The summed E-state index contributed by atoms with van der Waals surface area (Å²) in [5, 5.41) is 9.72. The van der Waals surface area contributed by atoms with Gasteiger partial charge in [-0.1, -0.05) is 0 Å². The molecule has 0 radical (unpaired) electrons. The number of hydrogen-bond acceptors (Lipinski definition) is 4. The van der Waals surface area contributed by atoms with E-state index in [9.17, 15) is 5.11 Å². The monoisotopic (exact) mass is 240 g/mol. The zero-order valence-electron chi connectivity index (χ0n) is 11.0. The van der Waals surface area contributed by atoms with Crippen LogP contribution < -0.4 is 14.2 Å². The Hall–Kier alpha value is -1.42. The zero-order chi connectivity index (χ0) is 13.0. The van der Waals surface area contributed by atoms with E-state index >= 15 is 0 Å². The third-order valence-electron chi connectivity index (χ3n) is 2.33. The van der Waals surface area contributed by atoms with Gasteiger partial charge in [0.25, 0.3) is 0 Å². The van der Waals surface area contributed by atoms with E-state index in [1.807, 2.05) is 13.8 Å². The van der Waals surface area contributed by atoms with Crippen molar-refractivity contribution in [1.29, 1.82) is 0 Å². The summed E-state index contributed by atoms with van der Waals surface area (Å²) in [6.07, 6.45) is -0.628. The van der Waals surface area contributed by atoms with Gasteiger partial charge in [-0.2, -0.15) is 0 Å². The topological polar surface area (TPSA) is 47.9 Å². The van der Waals surface area contributed by atoms with Crippen molar-refractivity contribution in [3.8, 4) is 17.2 Å². The van der Waals surface area contributed by atoms with Crippen molar-refractivity contribution in [1.82, 2.24) is 0 Å². The van der Waals surface area contributed by atoms with Gasteiger partial charge in [-0.15, -0.1) is 0 Å². The summed E-state index contributed by atoms with van der Waals surface area (Å²) in [6.45, 7) is 5.53. The van der Waals surface area contributed by atoms with Crippen LogP contribution >= 0.6 is 0 Å². The smallest absolute Gasteiger partial charge is 0.203 e. The molecule has 0 bridgehead atoms. The average Bonchev–Trinajstić information content (AvgIpc) is 2.27. The maximum atomic E-state index is 9.72. The number of aliphatic hydroxyl groups excluding tert-OH is 1. The van der Waals surface area contributed by atoms with E-state index in [4.69, 9.17) is 14.2 Å². The van der Waals surface area contributed by atoms with Gasteiger partial charge in [-0.3, -0.25) is 0 Å². The molecular weight excluding hydrogens is 220 g/mol. The molecule has 0 saturated carbocycles. The van der Waals surface area contributed by atoms with E-state index in [0.29, 0.717) is 22.8 Å². The van der Waals surface area contributed by atoms with Gasteiger partial charge in [-0.05, 0) is 32.9 Å². The second-order valence-electron chi connectivity index (χ2n) is 4.06. The van der Waals surface area contributed by atoms with Gasteiger partial charge in [0.05, 0.1) is 26.4 Å². The molecule has 0 aliphatic heterocycles. The Kier molecular flexibility index (Phi) is 4.63. The molecule has 0 saturated heterocycles. The summed E-state index contributed by atoms with van der Waals surface area (Å²) in [5.74, 6) is 1.64. The number of benzene rings is 1. The first-order chi connectivity index (χ1) is 8.01. The maximum Gasteiger partial charge on any atom is 0.203 e. The Bertz CT molecular complexity index is 372. The quantitative estimate of drug-likeness (QED) is 0.859. The average molecular weight is 240 g/mol. The molecule has 1 rings (SSSR count). The van der Waals surface area contributed by atoms with Crippen molar-refractivity contribution < 1.29 is 19.3 Å². The first-order valence-electron chi connectivity index (χ1n) is 5.60. The Balaban J connectivity index is 3.33. The predicted molar refractivity (Wildman–Crippen MR) is 65.9 cm³/mol. The third-order valence-corrected chi connectivity index (χ3v) is 2.33. The number of hydrogen-bond donors (Lipinski definition) is 1. The summed E-state index contributed by atoms with van der Waals surface area (Å²) in [5.41, 5.74) is 0.691. The molecule has 0 aliphatic carbocycles. The number of aliphatic hydroxyl groups is 1. The first kappa shape index (κ1) is 13.6. The summed E-state index contributed by atoms with van der Waals surface area (Å²) in [7, 11) is 3.12. The van der Waals surface area contributed by atoms with E-state index in [0.717, 1.165) is 0 Å². The molecular formula is C13H20O4. The van der Waals surface area contributed by atoms with Gasteiger partial charge >= 0.3 is 0 Å². The van der Waals surface area contributed by atoms with Crippen molar-refractivity contribution in [3.63, 3.8) is 0 Å². The van der Waals surface area contributed by atoms with E-state index in [2.05, 4.69) is 0 Å². The fourth-order valence-electron chi connectivity index (χ4n) is 1.60. The van der Waals surface area contributed by atoms with E-state index in [1.54, 1.807) is 33.3 Å². The molecule has 0 heterocycles. The normalized spacial score (nSPS) is 12.4. The fourth-order valence-corrected chi connectivity index (χ4v) is 1.60. The van der Waals surface area contributed by atoms with Crippen molar-refractivity contribution in [2.45, 2.75) is 33.0 Å². The fraction of sp³-hybridized carbons (Fsp3) is 0.538. The Labute approximate surface area is 102 Å². The van der Waals surface area contributed by atoms with Crippen LogP contribution in [0.1, 0.15) is 32.4 Å². The summed E-state index contributed by atoms with van der Waals surface area (Å²) < 4.78 is 16.2. The molecule has 17 heavy (non-hydrogen) atoms. The number of methoxy groups -OCH3 is 2. The van der Waals surface area contributed by atoms with Gasteiger partial charge < -0.3 is 19.3 Å². The van der Waals surface area contributed by atoms with Crippen LogP contribution in [0.25, 0.3) is 0 Å². The van der Waals surface area contributed by atoms with Crippen molar-refractivity contribution in [2.75, 3.05) is 14.2 Å². The molecule has 0 aromatic heterocycles. The van der Waals surface area contributed by atoms with Crippen LogP contribution in [0.2, 0.25) is 0 Å². The van der Waals surface area contributed by atoms with Crippen LogP contribution in [0.15, 0.2) is 12.1 Å². The minimum atomic E-state index is -0.622. The molecule has 1 aromatic carbocycles. The lowest BCUT2D eigenvalue weighted by molar-refractivity contribution is 0.178. The standard InChI is InChI=1S/C13H20O4/c1-8(2)17-12-10(9(3)14)6-7-11(15-4)13(12)16-5/h6-9,14H,1-5H3. The van der Waals surface area contributed by atoms with Crippen LogP contribution in [0, 0.1) is 0 Å². The highest BCUT2D eigenvalue weighted by Crippen LogP contribution is 2.42. The molecule has 1 N–H and O–H groups in total. The second-order valence-corrected chi connectivity index (χ2v) is 4.06. The molecule has 96 valence electrons. The highest BCUT2D eigenvalue weighted by atomic mass is 16.5. The lowest BCUT2D eigenvalue weighted by Gasteiger charge is -2.20. The van der Waals surface area contributed by atoms with Crippen LogP contribution in [-0.2, 0) is 0 Å². The van der Waals surface area contributed by atoms with Crippen LogP contribution in [-0.4, -0.2) is 25.4 Å². The first-order valence-corrected chi connectivity index (χ1v) is 5.60. The second kappa shape index (κ2) is 5.77. The van der Waals surface area contributed by atoms with E-state index < -0.39 is 6.10 Å². The molecule has 1 unspecified atom stereocenters. The maximum absolute atomic E-state index is 9.72. The Morgan fingerprint density at radius 1 is 1.00 bits per heavy atom. The van der Waals surface area contributed by atoms with Gasteiger partial charge in [0.2, 0.25) is 5.75 Å². The SMILES string of the molecule is COc1ccc(C(C)O)c(OC(C)C)c1OC. The largest absolute Gasteiger partial charge is 0.493 e. The van der Waals surface area contributed by atoms with Gasteiger partial charge in [0, 0.05) is 5.56 Å². The van der Waals surface area contributed by atoms with Crippen molar-refractivity contribution >= 4 is 0 Å². The predicted octanol–water partition coefficient (Wildman–Crippen LogP) is 2.54.